The standard InChI is InChI=1S/C16H19NO4/c1-18-13-7-5-10(9-12(13)17)11-6-8-14(19-2)16(21-4)15(11)20-3/h5-9H,17H2,1-4H3. The number of benzene rings is 2. The highest BCUT2D eigenvalue weighted by molar-refractivity contribution is 5.79. The summed E-state index contributed by atoms with van der Waals surface area (Å²) in [7, 11) is 6.34. The first-order valence-corrected chi connectivity index (χ1v) is 6.39. The molecule has 2 N–H and O–H groups in total. The van der Waals surface area contributed by atoms with Crippen LogP contribution in [0.2, 0.25) is 0 Å². The highest BCUT2D eigenvalue weighted by atomic mass is 16.5. The molecule has 2 aromatic rings. The summed E-state index contributed by atoms with van der Waals surface area (Å²) in [5, 5.41) is 0. The Balaban J connectivity index is 2.61. The average molecular weight is 289 g/mol. The predicted octanol–water partition coefficient (Wildman–Crippen LogP) is 2.97. The van der Waals surface area contributed by atoms with Crippen LogP contribution in [0.3, 0.4) is 0 Å². The summed E-state index contributed by atoms with van der Waals surface area (Å²) >= 11 is 0. The molecule has 0 amide bonds. The zero-order chi connectivity index (χ0) is 15.4. The summed E-state index contributed by atoms with van der Waals surface area (Å²) in [6.07, 6.45) is 0. The number of rotatable bonds is 5. The van der Waals surface area contributed by atoms with Crippen molar-refractivity contribution >= 4 is 5.69 Å². The third-order valence-electron chi connectivity index (χ3n) is 3.24. The Morgan fingerprint density at radius 1 is 0.714 bits per heavy atom. The van der Waals surface area contributed by atoms with Gasteiger partial charge in [0.25, 0.3) is 0 Å². The van der Waals surface area contributed by atoms with Gasteiger partial charge in [0.1, 0.15) is 5.75 Å². The summed E-state index contributed by atoms with van der Waals surface area (Å²) in [5.74, 6) is 2.39. The van der Waals surface area contributed by atoms with Crippen molar-refractivity contribution in [2.45, 2.75) is 0 Å². The van der Waals surface area contributed by atoms with Gasteiger partial charge in [0, 0.05) is 5.56 Å². The number of nitrogen functional groups attached to an aromatic ring is 1. The lowest BCUT2D eigenvalue weighted by Gasteiger charge is -2.16. The Morgan fingerprint density at radius 2 is 1.33 bits per heavy atom. The highest BCUT2D eigenvalue weighted by Gasteiger charge is 2.17. The van der Waals surface area contributed by atoms with Gasteiger partial charge < -0.3 is 24.7 Å². The largest absolute Gasteiger partial charge is 0.495 e. The van der Waals surface area contributed by atoms with Crippen molar-refractivity contribution in [3.63, 3.8) is 0 Å². The minimum absolute atomic E-state index is 0.548. The molecule has 0 fully saturated rings. The van der Waals surface area contributed by atoms with E-state index in [0.29, 0.717) is 28.7 Å². The first-order valence-electron chi connectivity index (χ1n) is 6.39. The van der Waals surface area contributed by atoms with Gasteiger partial charge in [-0.2, -0.15) is 0 Å². The van der Waals surface area contributed by atoms with Crippen molar-refractivity contribution in [2.24, 2.45) is 0 Å². The van der Waals surface area contributed by atoms with Gasteiger partial charge in [-0.15, -0.1) is 0 Å². The number of methoxy groups -OCH3 is 4. The SMILES string of the molecule is COc1ccc(-c2ccc(OC)c(OC)c2OC)cc1N. The summed E-state index contributed by atoms with van der Waals surface area (Å²) in [6.45, 7) is 0. The second-order valence-corrected chi connectivity index (χ2v) is 4.34. The zero-order valence-corrected chi connectivity index (χ0v) is 12.6. The summed E-state index contributed by atoms with van der Waals surface area (Å²) < 4.78 is 21.3. The van der Waals surface area contributed by atoms with Crippen molar-refractivity contribution < 1.29 is 18.9 Å². The number of nitrogens with two attached hydrogens (primary N) is 1. The molecule has 5 nitrogen and oxygen atoms in total. The van der Waals surface area contributed by atoms with Crippen molar-refractivity contribution in [1.82, 2.24) is 0 Å². The van der Waals surface area contributed by atoms with Crippen LogP contribution in [0.5, 0.6) is 23.0 Å². The highest BCUT2D eigenvalue weighted by Crippen LogP contribution is 2.44. The third kappa shape index (κ3) is 2.67. The van der Waals surface area contributed by atoms with Gasteiger partial charge >= 0.3 is 0 Å². The smallest absolute Gasteiger partial charge is 0.203 e. The molecule has 0 radical (unpaired) electrons. The maximum Gasteiger partial charge on any atom is 0.203 e. The minimum Gasteiger partial charge on any atom is -0.495 e. The Kier molecular flexibility index (Phi) is 4.42. The minimum atomic E-state index is 0.548. The van der Waals surface area contributed by atoms with Crippen LogP contribution in [0, 0.1) is 0 Å². The van der Waals surface area contributed by atoms with Gasteiger partial charge in [0.05, 0.1) is 34.1 Å². The lowest BCUT2D eigenvalue weighted by atomic mass is 10.0. The summed E-state index contributed by atoms with van der Waals surface area (Å²) in [6, 6.07) is 9.31. The fourth-order valence-electron chi connectivity index (χ4n) is 2.23. The molecule has 0 atom stereocenters. The number of anilines is 1. The molecular formula is C16H19NO4. The first-order chi connectivity index (χ1) is 10.2. The van der Waals surface area contributed by atoms with Gasteiger partial charge in [-0.05, 0) is 29.8 Å². The van der Waals surface area contributed by atoms with E-state index in [1.54, 1.807) is 28.4 Å². The summed E-state index contributed by atoms with van der Waals surface area (Å²) in [4.78, 5) is 0. The lowest BCUT2D eigenvalue weighted by Crippen LogP contribution is -1.98. The molecule has 0 saturated heterocycles. The first kappa shape index (κ1) is 14.8. The van der Waals surface area contributed by atoms with Crippen molar-refractivity contribution in [3.8, 4) is 34.1 Å². The number of ether oxygens (including phenoxy) is 4. The molecule has 0 spiro atoms. The van der Waals surface area contributed by atoms with E-state index in [2.05, 4.69) is 0 Å². The Hall–Kier alpha value is -2.56. The van der Waals surface area contributed by atoms with E-state index in [4.69, 9.17) is 24.7 Å². The molecule has 0 aromatic heterocycles. The Labute approximate surface area is 124 Å². The van der Waals surface area contributed by atoms with E-state index in [9.17, 15) is 0 Å². The predicted molar refractivity (Wildman–Crippen MR) is 82.5 cm³/mol. The molecule has 0 aliphatic heterocycles. The molecule has 112 valence electrons. The second kappa shape index (κ2) is 6.26. The van der Waals surface area contributed by atoms with E-state index in [1.807, 2.05) is 30.3 Å². The van der Waals surface area contributed by atoms with Gasteiger partial charge in [0.15, 0.2) is 11.5 Å². The molecule has 21 heavy (non-hydrogen) atoms. The maximum absolute atomic E-state index is 5.97. The normalized spacial score (nSPS) is 10.1. The Morgan fingerprint density at radius 3 is 1.86 bits per heavy atom. The quantitative estimate of drug-likeness (QED) is 0.857. The lowest BCUT2D eigenvalue weighted by molar-refractivity contribution is 0.325. The van der Waals surface area contributed by atoms with Crippen LogP contribution in [0.25, 0.3) is 11.1 Å². The van der Waals surface area contributed by atoms with E-state index in [1.165, 1.54) is 0 Å². The van der Waals surface area contributed by atoms with Crippen molar-refractivity contribution in [2.75, 3.05) is 34.2 Å². The Bertz CT molecular complexity index is 640. The number of hydrogen-bond acceptors (Lipinski definition) is 5. The van der Waals surface area contributed by atoms with Crippen LogP contribution >= 0.6 is 0 Å². The van der Waals surface area contributed by atoms with Crippen LogP contribution in [0.4, 0.5) is 5.69 Å². The molecular weight excluding hydrogens is 270 g/mol. The summed E-state index contributed by atoms with van der Waals surface area (Å²) in [5.41, 5.74) is 8.30. The van der Waals surface area contributed by atoms with Gasteiger partial charge in [-0.3, -0.25) is 0 Å². The van der Waals surface area contributed by atoms with E-state index in [-0.39, 0.29) is 0 Å². The van der Waals surface area contributed by atoms with Crippen molar-refractivity contribution in [1.29, 1.82) is 0 Å². The maximum atomic E-state index is 5.97. The van der Waals surface area contributed by atoms with Crippen LogP contribution in [-0.2, 0) is 0 Å². The molecule has 0 heterocycles. The van der Waals surface area contributed by atoms with Crippen molar-refractivity contribution in [3.05, 3.63) is 30.3 Å². The average Bonchev–Trinajstić information content (AvgIpc) is 2.52. The van der Waals surface area contributed by atoms with Crippen LogP contribution < -0.4 is 24.7 Å². The van der Waals surface area contributed by atoms with E-state index in [0.717, 1.165) is 11.1 Å². The van der Waals surface area contributed by atoms with Gasteiger partial charge in [-0.25, -0.2) is 0 Å². The number of hydrogen-bond donors (Lipinski definition) is 1. The van der Waals surface area contributed by atoms with Crippen LogP contribution in [0.1, 0.15) is 0 Å². The molecule has 0 bridgehead atoms. The van der Waals surface area contributed by atoms with Crippen LogP contribution in [-0.4, -0.2) is 28.4 Å². The fourth-order valence-corrected chi connectivity index (χ4v) is 2.23. The third-order valence-corrected chi connectivity index (χ3v) is 3.24. The molecule has 2 aromatic carbocycles. The second-order valence-electron chi connectivity index (χ2n) is 4.34. The molecule has 0 saturated carbocycles. The fraction of sp³-hybridized carbons (Fsp3) is 0.250. The molecule has 0 unspecified atom stereocenters. The van der Waals surface area contributed by atoms with Gasteiger partial charge in [-0.1, -0.05) is 6.07 Å². The van der Waals surface area contributed by atoms with E-state index >= 15 is 0 Å². The topological polar surface area (TPSA) is 62.9 Å². The molecule has 0 aliphatic rings. The zero-order valence-electron chi connectivity index (χ0n) is 12.6. The van der Waals surface area contributed by atoms with Gasteiger partial charge in [0.2, 0.25) is 5.75 Å². The molecule has 5 heteroatoms. The van der Waals surface area contributed by atoms with E-state index < -0.39 is 0 Å². The monoisotopic (exact) mass is 289 g/mol. The van der Waals surface area contributed by atoms with Crippen LogP contribution in [0.15, 0.2) is 30.3 Å². The molecule has 0 aliphatic carbocycles. The molecule has 2 rings (SSSR count).